The van der Waals surface area contributed by atoms with Crippen molar-refractivity contribution >= 4 is 28.9 Å². The average molecular weight is 310 g/mol. The van der Waals surface area contributed by atoms with Crippen molar-refractivity contribution in [2.45, 2.75) is 33.2 Å². The third kappa shape index (κ3) is 4.11. The molecule has 0 aliphatic carbocycles. The second-order valence-corrected chi connectivity index (χ2v) is 6.68. The van der Waals surface area contributed by atoms with Gasteiger partial charge in [0.15, 0.2) is 0 Å². The zero-order chi connectivity index (χ0) is 15.6. The van der Waals surface area contributed by atoms with E-state index in [1.807, 2.05) is 0 Å². The number of nitrogen functional groups attached to an aromatic ring is 1. The van der Waals surface area contributed by atoms with Crippen molar-refractivity contribution < 1.29 is 4.79 Å². The normalized spacial score (nSPS) is 26.6. The molecule has 5 heteroatoms. The molecule has 4 nitrogen and oxygen atoms in total. The second kappa shape index (κ2) is 6.67. The Morgan fingerprint density at radius 2 is 2.14 bits per heavy atom. The fourth-order valence-electron chi connectivity index (χ4n) is 3.05. The van der Waals surface area contributed by atoms with E-state index in [0.29, 0.717) is 40.8 Å². The summed E-state index contributed by atoms with van der Waals surface area (Å²) in [5, 5.41) is 3.36. The molecule has 1 heterocycles. The summed E-state index contributed by atoms with van der Waals surface area (Å²) in [6, 6.07) is 5.52. The van der Waals surface area contributed by atoms with Crippen LogP contribution in [-0.2, 0) is 4.79 Å². The highest BCUT2D eigenvalue weighted by atomic mass is 35.5. The van der Waals surface area contributed by atoms with Crippen molar-refractivity contribution in [1.29, 1.82) is 0 Å². The topological polar surface area (TPSA) is 58.4 Å². The van der Waals surface area contributed by atoms with E-state index in [2.05, 4.69) is 31.0 Å². The number of hydrogen-bond acceptors (Lipinski definition) is 3. The van der Waals surface area contributed by atoms with E-state index in [9.17, 15) is 4.79 Å². The first-order valence-corrected chi connectivity index (χ1v) is 7.83. The van der Waals surface area contributed by atoms with Gasteiger partial charge in [0, 0.05) is 18.3 Å². The molecule has 1 aliphatic rings. The molecule has 1 amide bonds. The molecule has 3 N–H and O–H groups in total. The number of halogens is 1. The largest absolute Gasteiger partial charge is 0.399 e. The molecule has 0 saturated carbocycles. The summed E-state index contributed by atoms with van der Waals surface area (Å²) < 4.78 is 0. The molecule has 0 aromatic heterocycles. The molecule has 21 heavy (non-hydrogen) atoms. The summed E-state index contributed by atoms with van der Waals surface area (Å²) >= 11 is 6.07. The molecule has 0 radical (unpaired) electrons. The van der Waals surface area contributed by atoms with Gasteiger partial charge in [-0.15, -0.1) is 0 Å². The van der Waals surface area contributed by atoms with E-state index in [0.717, 1.165) is 6.54 Å². The number of hydrogen-bond donors (Lipinski definition) is 2. The molecule has 1 fully saturated rings. The molecule has 1 saturated heterocycles. The second-order valence-electron chi connectivity index (χ2n) is 6.28. The number of carbonyl (C=O) groups excluding carboxylic acids is 1. The predicted molar refractivity (Wildman–Crippen MR) is 88.5 cm³/mol. The Morgan fingerprint density at radius 1 is 1.43 bits per heavy atom. The molecule has 1 aliphatic heterocycles. The van der Waals surface area contributed by atoms with Crippen LogP contribution in [0.15, 0.2) is 18.2 Å². The van der Waals surface area contributed by atoms with Crippen LogP contribution in [0.1, 0.15) is 27.2 Å². The third-order valence-electron chi connectivity index (χ3n) is 4.33. The molecule has 1 aromatic rings. The van der Waals surface area contributed by atoms with Crippen molar-refractivity contribution in [3.63, 3.8) is 0 Å². The molecular formula is C16H24ClN3O. The first kappa shape index (κ1) is 16.1. The lowest BCUT2D eigenvalue weighted by molar-refractivity contribution is -0.118. The van der Waals surface area contributed by atoms with Crippen molar-refractivity contribution in [3.05, 3.63) is 23.2 Å². The Hall–Kier alpha value is -1.26. The lowest BCUT2D eigenvalue weighted by Gasteiger charge is -2.40. The van der Waals surface area contributed by atoms with Crippen LogP contribution in [0.3, 0.4) is 0 Å². The number of nitrogens with two attached hydrogens (primary N) is 1. The maximum absolute atomic E-state index is 12.3. The van der Waals surface area contributed by atoms with Crippen LogP contribution in [-0.4, -0.2) is 29.9 Å². The number of likely N-dealkylation sites (tertiary alicyclic amines) is 1. The van der Waals surface area contributed by atoms with Crippen LogP contribution in [0.2, 0.25) is 5.02 Å². The Balaban J connectivity index is 1.99. The standard InChI is InChI=1S/C16H24ClN3O/c1-10-6-11(2)12(3)20(8-10)9-16(21)19-15-7-13(18)4-5-14(15)17/h4-5,7,10-12H,6,8-9,18H2,1-3H3,(H,19,21). The van der Waals surface area contributed by atoms with Crippen LogP contribution in [0.5, 0.6) is 0 Å². The van der Waals surface area contributed by atoms with Gasteiger partial charge in [0.05, 0.1) is 17.3 Å². The fourth-order valence-corrected chi connectivity index (χ4v) is 3.22. The maximum Gasteiger partial charge on any atom is 0.238 e. The van der Waals surface area contributed by atoms with E-state index in [-0.39, 0.29) is 5.91 Å². The smallest absolute Gasteiger partial charge is 0.238 e. The van der Waals surface area contributed by atoms with E-state index >= 15 is 0 Å². The summed E-state index contributed by atoms with van der Waals surface area (Å²) in [7, 11) is 0. The molecule has 0 spiro atoms. The number of nitrogens with one attached hydrogen (secondary N) is 1. The monoisotopic (exact) mass is 309 g/mol. The summed E-state index contributed by atoms with van der Waals surface area (Å²) in [6.45, 7) is 8.03. The van der Waals surface area contributed by atoms with E-state index in [4.69, 9.17) is 17.3 Å². The van der Waals surface area contributed by atoms with Gasteiger partial charge in [0.1, 0.15) is 0 Å². The number of piperidine rings is 1. The van der Waals surface area contributed by atoms with Crippen molar-refractivity contribution in [2.75, 3.05) is 24.1 Å². The molecule has 3 atom stereocenters. The van der Waals surface area contributed by atoms with Crippen LogP contribution in [0.4, 0.5) is 11.4 Å². The number of rotatable bonds is 3. The van der Waals surface area contributed by atoms with Gasteiger partial charge < -0.3 is 11.1 Å². The van der Waals surface area contributed by atoms with E-state index < -0.39 is 0 Å². The molecule has 2 rings (SSSR count). The number of benzene rings is 1. The Kier molecular flexibility index (Phi) is 5.12. The number of nitrogens with zero attached hydrogens (tertiary/aromatic N) is 1. The van der Waals surface area contributed by atoms with Gasteiger partial charge in [-0.05, 0) is 43.4 Å². The van der Waals surface area contributed by atoms with E-state index in [1.165, 1.54) is 6.42 Å². The van der Waals surface area contributed by atoms with Crippen molar-refractivity contribution in [1.82, 2.24) is 4.90 Å². The predicted octanol–water partition coefficient (Wildman–Crippen LogP) is 3.23. The first-order valence-electron chi connectivity index (χ1n) is 7.45. The highest BCUT2D eigenvalue weighted by molar-refractivity contribution is 6.33. The molecule has 3 unspecified atom stereocenters. The fraction of sp³-hybridized carbons (Fsp3) is 0.562. The SMILES string of the molecule is CC1CC(C)C(C)N(CC(=O)Nc2cc(N)ccc2Cl)C1. The zero-order valence-electron chi connectivity index (χ0n) is 12.9. The lowest BCUT2D eigenvalue weighted by Crippen LogP contribution is -2.48. The minimum absolute atomic E-state index is 0.0457. The number of carbonyl (C=O) groups is 1. The van der Waals surface area contributed by atoms with Gasteiger partial charge in [-0.3, -0.25) is 9.69 Å². The Bertz CT molecular complexity index is 520. The number of amides is 1. The van der Waals surface area contributed by atoms with Gasteiger partial charge in [-0.1, -0.05) is 25.4 Å². The first-order chi connectivity index (χ1) is 9.86. The lowest BCUT2D eigenvalue weighted by atomic mass is 9.86. The minimum Gasteiger partial charge on any atom is -0.399 e. The van der Waals surface area contributed by atoms with Gasteiger partial charge in [0.25, 0.3) is 0 Å². The number of anilines is 2. The third-order valence-corrected chi connectivity index (χ3v) is 4.66. The molecule has 0 bridgehead atoms. The van der Waals surface area contributed by atoms with E-state index in [1.54, 1.807) is 18.2 Å². The van der Waals surface area contributed by atoms with Gasteiger partial charge in [-0.25, -0.2) is 0 Å². The van der Waals surface area contributed by atoms with Crippen LogP contribution in [0.25, 0.3) is 0 Å². The highest BCUT2D eigenvalue weighted by Crippen LogP contribution is 2.27. The average Bonchev–Trinajstić information content (AvgIpc) is 2.39. The Morgan fingerprint density at radius 3 is 2.86 bits per heavy atom. The summed E-state index contributed by atoms with van der Waals surface area (Å²) in [6.07, 6.45) is 1.22. The molecule has 116 valence electrons. The van der Waals surface area contributed by atoms with Crippen LogP contribution < -0.4 is 11.1 Å². The molecule has 1 aromatic carbocycles. The quantitative estimate of drug-likeness (QED) is 0.843. The van der Waals surface area contributed by atoms with Crippen LogP contribution in [0, 0.1) is 11.8 Å². The summed E-state index contributed by atoms with van der Waals surface area (Å²) in [5.74, 6) is 1.19. The summed E-state index contributed by atoms with van der Waals surface area (Å²) in [5.41, 5.74) is 6.89. The Labute approximate surface area is 131 Å². The van der Waals surface area contributed by atoms with Crippen molar-refractivity contribution in [2.24, 2.45) is 11.8 Å². The van der Waals surface area contributed by atoms with Gasteiger partial charge in [-0.2, -0.15) is 0 Å². The van der Waals surface area contributed by atoms with Gasteiger partial charge in [0.2, 0.25) is 5.91 Å². The summed E-state index contributed by atoms with van der Waals surface area (Å²) in [4.78, 5) is 14.5. The van der Waals surface area contributed by atoms with Crippen LogP contribution >= 0.6 is 11.6 Å². The minimum atomic E-state index is -0.0457. The highest BCUT2D eigenvalue weighted by Gasteiger charge is 2.29. The van der Waals surface area contributed by atoms with Crippen molar-refractivity contribution in [3.8, 4) is 0 Å². The maximum atomic E-state index is 12.3. The molecular weight excluding hydrogens is 286 g/mol. The van der Waals surface area contributed by atoms with Gasteiger partial charge >= 0.3 is 0 Å². The zero-order valence-corrected chi connectivity index (χ0v) is 13.7.